The lowest BCUT2D eigenvalue weighted by Gasteiger charge is -2.35. The molecule has 0 radical (unpaired) electrons. The summed E-state index contributed by atoms with van der Waals surface area (Å²) in [5.74, 6) is -3.84. The smallest absolute Gasteiger partial charge is 0.394 e. The summed E-state index contributed by atoms with van der Waals surface area (Å²) in [4.78, 5) is 26.4. The van der Waals surface area contributed by atoms with Crippen LogP contribution >= 0.6 is 0 Å². The van der Waals surface area contributed by atoms with Crippen LogP contribution in [0.2, 0.25) is 0 Å². The molecule has 150 valence electrons. The summed E-state index contributed by atoms with van der Waals surface area (Å²) < 4.78 is 38.9. The third-order valence-corrected chi connectivity index (χ3v) is 5.22. The highest BCUT2D eigenvalue weighted by Gasteiger charge is 2.53. The van der Waals surface area contributed by atoms with E-state index in [1.165, 1.54) is 6.42 Å². The summed E-state index contributed by atoms with van der Waals surface area (Å²) in [5.41, 5.74) is 0. The summed E-state index contributed by atoms with van der Waals surface area (Å²) >= 11 is 0. The predicted octanol–water partition coefficient (Wildman–Crippen LogP) is 2.26. The van der Waals surface area contributed by atoms with E-state index in [9.17, 15) is 22.8 Å². The number of amides is 2. The van der Waals surface area contributed by atoms with Gasteiger partial charge in [-0.3, -0.25) is 4.79 Å². The van der Waals surface area contributed by atoms with Crippen molar-refractivity contribution >= 4 is 12.0 Å². The van der Waals surface area contributed by atoms with Crippen LogP contribution in [0.1, 0.15) is 26.7 Å². The second-order valence-corrected chi connectivity index (χ2v) is 7.79. The molecule has 0 aromatic rings. The zero-order valence-electron chi connectivity index (χ0n) is 15.3. The lowest BCUT2D eigenvalue weighted by Crippen LogP contribution is -2.42. The van der Waals surface area contributed by atoms with E-state index < -0.39 is 43.1 Å². The molecule has 2 unspecified atom stereocenters. The Hall–Kier alpha value is -1.51. The first-order valence-corrected chi connectivity index (χ1v) is 9.12. The molecule has 0 saturated carbocycles. The molecule has 6 nitrogen and oxygen atoms in total. The molecule has 9 heteroatoms. The van der Waals surface area contributed by atoms with Crippen molar-refractivity contribution in [1.29, 1.82) is 0 Å². The Bertz CT molecular complexity index is 505. The van der Waals surface area contributed by atoms with Gasteiger partial charge >= 0.3 is 18.2 Å². The highest BCUT2D eigenvalue weighted by atomic mass is 19.4. The second kappa shape index (κ2) is 8.45. The van der Waals surface area contributed by atoms with E-state index in [0.717, 1.165) is 24.5 Å². The van der Waals surface area contributed by atoms with Gasteiger partial charge in [-0.05, 0) is 31.2 Å². The number of halogens is 3. The number of carboxylic acids is 1. The number of hydrogen-bond acceptors (Lipinski definition) is 3. The third-order valence-electron chi connectivity index (χ3n) is 5.22. The number of nitrogens with one attached hydrogen (secondary N) is 1. The highest BCUT2D eigenvalue weighted by Crippen LogP contribution is 2.37. The zero-order valence-corrected chi connectivity index (χ0v) is 15.3. The summed E-state index contributed by atoms with van der Waals surface area (Å²) in [6.07, 6.45) is -2.70. The first-order chi connectivity index (χ1) is 12.1. The van der Waals surface area contributed by atoms with Crippen LogP contribution in [0.4, 0.5) is 18.0 Å². The van der Waals surface area contributed by atoms with Gasteiger partial charge in [-0.15, -0.1) is 0 Å². The van der Waals surface area contributed by atoms with Crippen molar-refractivity contribution in [3.8, 4) is 0 Å². The summed E-state index contributed by atoms with van der Waals surface area (Å²) in [7, 11) is 0. The van der Waals surface area contributed by atoms with Crippen LogP contribution < -0.4 is 5.32 Å². The molecule has 0 aliphatic carbocycles. The largest absolute Gasteiger partial charge is 0.481 e. The highest BCUT2D eigenvalue weighted by molar-refractivity contribution is 5.77. The maximum Gasteiger partial charge on any atom is 0.394 e. The minimum atomic E-state index is -4.63. The molecule has 26 heavy (non-hydrogen) atoms. The molecule has 2 fully saturated rings. The monoisotopic (exact) mass is 379 g/mol. The Labute approximate surface area is 151 Å². The van der Waals surface area contributed by atoms with Crippen molar-refractivity contribution < 1.29 is 27.9 Å². The van der Waals surface area contributed by atoms with Crippen molar-refractivity contribution in [1.82, 2.24) is 15.1 Å². The van der Waals surface area contributed by atoms with Gasteiger partial charge in [-0.2, -0.15) is 13.2 Å². The second-order valence-electron chi connectivity index (χ2n) is 7.79. The number of aliphatic carboxylic acids is 1. The lowest BCUT2D eigenvalue weighted by atomic mass is 9.92. The zero-order chi connectivity index (χ0) is 19.5. The van der Waals surface area contributed by atoms with E-state index in [-0.39, 0.29) is 0 Å². The summed E-state index contributed by atoms with van der Waals surface area (Å²) in [6.45, 7) is 6.66. The molecular weight excluding hydrogens is 351 g/mol. The molecule has 2 saturated heterocycles. The van der Waals surface area contributed by atoms with Crippen LogP contribution in [-0.2, 0) is 4.79 Å². The lowest BCUT2D eigenvalue weighted by molar-refractivity contribution is -0.187. The maximum atomic E-state index is 13.0. The molecule has 2 N–H and O–H groups in total. The van der Waals surface area contributed by atoms with Crippen molar-refractivity contribution in [3.05, 3.63) is 0 Å². The van der Waals surface area contributed by atoms with Gasteiger partial charge in [0.25, 0.3) is 0 Å². The number of carbonyl (C=O) groups excluding carboxylic acids is 1. The van der Waals surface area contributed by atoms with Gasteiger partial charge in [-0.1, -0.05) is 13.8 Å². The van der Waals surface area contributed by atoms with E-state index in [2.05, 4.69) is 24.1 Å². The van der Waals surface area contributed by atoms with Crippen LogP contribution in [-0.4, -0.2) is 72.4 Å². The van der Waals surface area contributed by atoms with Crippen molar-refractivity contribution in [2.24, 2.45) is 23.7 Å². The minimum absolute atomic E-state index is 0.364. The van der Waals surface area contributed by atoms with E-state index >= 15 is 0 Å². The predicted molar refractivity (Wildman–Crippen MR) is 89.6 cm³/mol. The molecule has 2 heterocycles. The van der Waals surface area contributed by atoms with Gasteiger partial charge in [0.1, 0.15) is 0 Å². The first kappa shape index (κ1) is 20.8. The molecule has 2 amide bonds. The minimum Gasteiger partial charge on any atom is -0.481 e. The van der Waals surface area contributed by atoms with Gasteiger partial charge in [0.2, 0.25) is 0 Å². The Kier molecular flexibility index (Phi) is 6.76. The van der Waals surface area contributed by atoms with Gasteiger partial charge in [0.05, 0.1) is 11.8 Å². The van der Waals surface area contributed by atoms with Crippen LogP contribution in [0, 0.1) is 23.7 Å². The maximum absolute atomic E-state index is 13.0. The van der Waals surface area contributed by atoms with Gasteiger partial charge in [0, 0.05) is 32.7 Å². The SMILES string of the molecule is CC1CC(C)CN(CCCNC(=O)N2C[C@@H](C(F)(F)F)[C@H](C(=O)O)C2)C1. The number of alkyl halides is 3. The van der Waals surface area contributed by atoms with E-state index in [1.807, 2.05) is 0 Å². The Morgan fingerprint density at radius 3 is 2.23 bits per heavy atom. The standard InChI is InChI=1S/C17H28F3N3O3/c1-11-6-12(2)8-22(7-11)5-3-4-21-16(26)23-9-13(15(24)25)14(10-23)17(18,19)20/h11-14H,3-10H2,1-2H3,(H,21,26)(H,24,25)/t11?,12?,13-,14-/m1/s1. The number of urea groups is 1. The number of hydrogen-bond donors (Lipinski definition) is 2. The average molecular weight is 379 g/mol. The van der Waals surface area contributed by atoms with Gasteiger partial charge in [-0.25, -0.2) is 4.79 Å². The number of rotatable bonds is 5. The van der Waals surface area contributed by atoms with Crippen molar-refractivity contribution in [2.45, 2.75) is 32.9 Å². The van der Waals surface area contributed by atoms with Gasteiger partial charge < -0.3 is 20.2 Å². The Balaban J connectivity index is 1.75. The van der Waals surface area contributed by atoms with E-state index in [0.29, 0.717) is 24.8 Å². The normalized spacial score (nSPS) is 30.4. The molecule has 0 aromatic heterocycles. The van der Waals surface area contributed by atoms with Gasteiger partial charge in [0.15, 0.2) is 0 Å². The quantitative estimate of drug-likeness (QED) is 0.719. The van der Waals surface area contributed by atoms with E-state index in [4.69, 9.17) is 5.11 Å². The average Bonchev–Trinajstić information content (AvgIpc) is 2.96. The topological polar surface area (TPSA) is 72.9 Å². The van der Waals surface area contributed by atoms with Crippen LogP contribution in [0.25, 0.3) is 0 Å². The van der Waals surface area contributed by atoms with Crippen molar-refractivity contribution in [3.63, 3.8) is 0 Å². The number of likely N-dealkylation sites (tertiary alicyclic amines) is 2. The number of nitrogens with zero attached hydrogens (tertiary/aromatic N) is 2. The fourth-order valence-electron chi connectivity index (χ4n) is 4.14. The number of carboxylic acid groups (broad SMARTS) is 1. The number of carbonyl (C=O) groups is 2. The summed E-state index contributed by atoms with van der Waals surface area (Å²) in [5, 5.41) is 11.6. The molecule has 0 aromatic carbocycles. The summed E-state index contributed by atoms with van der Waals surface area (Å²) in [6, 6.07) is -0.622. The van der Waals surface area contributed by atoms with Crippen LogP contribution in [0.15, 0.2) is 0 Å². The number of piperidine rings is 1. The van der Waals surface area contributed by atoms with Crippen LogP contribution in [0.3, 0.4) is 0 Å². The molecule has 0 bridgehead atoms. The van der Waals surface area contributed by atoms with Crippen LogP contribution in [0.5, 0.6) is 0 Å². The Morgan fingerprint density at radius 2 is 1.73 bits per heavy atom. The molecular formula is C17H28F3N3O3. The Morgan fingerprint density at radius 1 is 1.12 bits per heavy atom. The first-order valence-electron chi connectivity index (χ1n) is 9.12. The van der Waals surface area contributed by atoms with E-state index in [1.54, 1.807) is 0 Å². The fourth-order valence-corrected chi connectivity index (χ4v) is 4.14. The fraction of sp³-hybridized carbons (Fsp3) is 0.882. The molecule has 4 atom stereocenters. The van der Waals surface area contributed by atoms with Crippen molar-refractivity contribution in [2.75, 3.05) is 39.3 Å². The molecule has 0 spiro atoms. The molecule has 2 aliphatic heterocycles. The molecule has 2 rings (SSSR count). The molecule has 2 aliphatic rings. The third kappa shape index (κ3) is 5.49.